The van der Waals surface area contributed by atoms with Crippen molar-refractivity contribution in [3.05, 3.63) is 24.8 Å². The third kappa shape index (κ3) is 3.51. The van der Waals surface area contributed by atoms with Crippen molar-refractivity contribution in [3.8, 4) is 0 Å². The van der Waals surface area contributed by atoms with Gasteiger partial charge in [0.1, 0.15) is 6.10 Å². The van der Waals surface area contributed by atoms with Crippen LogP contribution in [0.15, 0.2) is 24.8 Å². The number of ether oxygens (including phenoxy) is 1. The van der Waals surface area contributed by atoms with Gasteiger partial charge in [0.15, 0.2) is 0 Å². The van der Waals surface area contributed by atoms with Crippen LogP contribution in [0.5, 0.6) is 0 Å². The number of aliphatic hydroxyl groups is 1. The topological polar surface area (TPSA) is 46.5 Å². The lowest BCUT2D eigenvalue weighted by molar-refractivity contribution is -0.164. The summed E-state index contributed by atoms with van der Waals surface area (Å²) in [6, 6.07) is 0. The maximum atomic E-state index is 11.4. The Hall–Kier alpha value is -1.09. The highest BCUT2D eigenvalue weighted by Crippen LogP contribution is 2.50. The maximum Gasteiger partial charge on any atom is 0.302 e. The Bertz CT molecular complexity index is 405. The lowest BCUT2D eigenvalue weighted by Gasteiger charge is -2.49. The average molecular weight is 280 g/mol. The Morgan fingerprint density at radius 3 is 2.35 bits per heavy atom. The Kier molecular flexibility index (Phi) is 4.86. The highest BCUT2D eigenvalue weighted by molar-refractivity contribution is 5.66. The summed E-state index contributed by atoms with van der Waals surface area (Å²) >= 11 is 0. The quantitative estimate of drug-likeness (QED) is 0.633. The van der Waals surface area contributed by atoms with Gasteiger partial charge >= 0.3 is 5.97 Å². The standard InChI is InChI=1S/C17H28O3/c1-8-17(7)10-15(20-12(4)18)14(16(5,6)19)9-13(17)11(2)3/h8,13-15,19H,1-2,9-10H2,3-7H3/t13?,14-,15-,17+/m1/s1. The highest BCUT2D eigenvalue weighted by Gasteiger charge is 2.49. The minimum absolute atomic E-state index is 0.0962. The van der Waals surface area contributed by atoms with Gasteiger partial charge in [0.25, 0.3) is 0 Å². The second-order valence-electron chi connectivity index (χ2n) is 6.96. The molecule has 0 aliphatic heterocycles. The van der Waals surface area contributed by atoms with Crippen LogP contribution in [0.1, 0.15) is 47.5 Å². The molecule has 0 bridgehead atoms. The van der Waals surface area contributed by atoms with Crippen LogP contribution < -0.4 is 0 Å². The van der Waals surface area contributed by atoms with Crippen LogP contribution in [0.2, 0.25) is 0 Å². The first-order valence-corrected chi connectivity index (χ1v) is 7.20. The molecule has 1 unspecified atom stereocenters. The van der Waals surface area contributed by atoms with Gasteiger partial charge in [-0.25, -0.2) is 0 Å². The zero-order chi connectivity index (χ0) is 15.7. The lowest BCUT2D eigenvalue weighted by atomic mass is 9.58. The Morgan fingerprint density at radius 2 is 2.00 bits per heavy atom. The van der Waals surface area contributed by atoms with Gasteiger partial charge in [-0.1, -0.05) is 25.2 Å². The minimum atomic E-state index is -0.893. The molecular formula is C17H28O3. The molecule has 4 atom stereocenters. The van der Waals surface area contributed by atoms with E-state index < -0.39 is 5.60 Å². The van der Waals surface area contributed by atoms with E-state index in [-0.39, 0.29) is 29.3 Å². The minimum Gasteiger partial charge on any atom is -0.462 e. The SMILES string of the molecule is C=C[C@@]1(C)C[C@@H](OC(C)=O)[C@H](C(C)(C)O)CC1C(=C)C. The van der Waals surface area contributed by atoms with E-state index in [9.17, 15) is 9.90 Å². The fourth-order valence-electron chi connectivity index (χ4n) is 3.46. The molecule has 0 amide bonds. The summed E-state index contributed by atoms with van der Waals surface area (Å²) in [5, 5.41) is 10.4. The first-order valence-electron chi connectivity index (χ1n) is 7.20. The number of hydrogen-bond donors (Lipinski definition) is 1. The molecule has 1 saturated carbocycles. The largest absolute Gasteiger partial charge is 0.462 e. The molecule has 0 aromatic carbocycles. The number of rotatable bonds is 4. The molecule has 3 nitrogen and oxygen atoms in total. The van der Waals surface area contributed by atoms with Crippen LogP contribution in [0.4, 0.5) is 0 Å². The molecule has 0 aromatic rings. The van der Waals surface area contributed by atoms with Crippen LogP contribution >= 0.6 is 0 Å². The van der Waals surface area contributed by atoms with Gasteiger partial charge in [-0.2, -0.15) is 0 Å². The first-order chi connectivity index (χ1) is 9.01. The molecule has 1 fully saturated rings. The number of allylic oxidation sites excluding steroid dienone is 2. The van der Waals surface area contributed by atoms with Crippen molar-refractivity contribution in [2.24, 2.45) is 17.3 Å². The monoisotopic (exact) mass is 280 g/mol. The van der Waals surface area contributed by atoms with E-state index in [2.05, 4.69) is 20.1 Å². The van der Waals surface area contributed by atoms with Crippen molar-refractivity contribution in [3.63, 3.8) is 0 Å². The predicted molar refractivity (Wildman–Crippen MR) is 81.2 cm³/mol. The first kappa shape index (κ1) is 17.0. The van der Waals surface area contributed by atoms with Gasteiger partial charge in [0.05, 0.1) is 5.60 Å². The van der Waals surface area contributed by atoms with E-state index in [0.717, 1.165) is 12.0 Å². The number of carbonyl (C=O) groups is 1. The van der Waals surface area contributed by atoms with E-state index in [4.69, 9.17) is 4.74 Å². The summed E-state index contributed by atoms with van der Waals surface area (Å²) in [6.45, 7) is 17.1. The summed E-state index contributed by atoms with van der Waals surface area (Å²) in [5.41, 5.74) is 0.0345. The molecule has 1 rings (SSSR count). The van der Waals surface area contributed by atoms with Crippen molar-refractivity contribution in [2.45, 2.75) is 59.2 Å². The van der Waals surface area contributed by atoms with Crippen LogP contribution in [0.3, 0.4) is 0 Å². The van der Waals surface area contributed by atoms with Crippen LogP contribution in [0, 0.1) is 17.3 Å². The summed E-state index contributed by atoms with van der Waals surface area (Å²) in [5.74, 6) is -0.159. The molecule has 20 heavy (non-hydrogen) atoms. The third-order valence-corrected chi connectivity index (χ3v) is 4.66. The van der Waals surface area contributed by atoms with Crippen molar-refractivity contribution in [1.29, 1.82) is 0 Å². The summed E-state index contributed by atoms with van der Waals surface area (Å²) < 4.78 is 5.48. The molecule has 0 radical (unpaired) electrons. The smallest absolute Gasteiger partial charge is 0.302 e. The van der Waals surface area contributed by atoms with Gasteiger partial charge in [-0.05, 0) is 44.9 Å². The summed E-state index contributed by atoms with van der Waals surface area (Å²) in [7, 11) is 0. The molecular weight excluding hydrogens is 252 g/mol. The van der Waals surface area contributed by atoms with Crippen molar-refractivity contribution in [2.75, 3.05) is 0 Å². The fourth-order valence-corrected chi connectivity index (χ4v) is 3.46. The zero-order valence-corrected chi connectivity index (χ0v) is 13.4. The second kappa shape index (κ2) is 5.72. The molecule has 0 heterocycles. The van der Waals surface area contributed by atoms with E-state index in [1.54, 1.807) is 13.8 Å². The lowest BCUT2D eigenvalue weighted by Crippen LogP contribution is -2.50. The van der Waals surface area contributed by atoms with Gasteiger partial charge in [-0.15, -0.1) is 6.58 Å². The number of hydrogen-bond acceptors (Lipinski definition) is 3. The highest BCUT2D eigenvalue weighted by atomic mass is 16.5. The normalized spacial score (nSPS) is 34.4. The van der Waals surface area contributed by atoms with E-state index in [0.29, 0.717) is 6.42 Å². The summed E-state index contributed by atoms with van der Waals surface area (Å²) in [4.78, 5) is 11.4. The van der Waals surface area contributed by atoms with Gasteiger partial charge in [0.2, 0.25) is 0 Å². The third-order valence-electron chi connectivity index (χ3n) is 4.66. The molecule has 0 saturated heterocycles. The molecule has 3 heteroatoms. The van der Waals surface area contributed by atoms with Crippen molar-refractivity contribution < 1.29 is 14.6 Å². The zero-order valence-electron chi connectivity index (χ0n) is 13.4. The molecule has 114 valence electrons. The van der Waals surface area contributed by atoms with E-state index >= 15 is 0 Å². The van der Waals surface area contributed by atoms with Crippen LogP contribution in [-0.4, -0.2) is 22.8 Å². The van der Waals surface area contributed by atoms with Gasteiger partial charge in [-0.3, -0.25) is 4.79 Å². The van der Waals surface area contributed by atoms with Gasteiger partial charge < -0.3 is 9.84 Å². The molecule has 0 aromatic heterocycles. The van der Waals surface area contributed by atoms with Crippen LogP contribution in [0.25, 0.3) is 0 Å². The predicted octanol–water partition coefficient (Wildman–Crippen LogP) is 3.48. The number of esters is 1. The molecule has 1 aliphatic carbocycles. The average Bonchev–Trinajstić information content (AvgIpc) is 2.25. The Morgan fingerprint density at radius 1 is 1.45 bits per heavy atom. The van der Waals surface area contributed by atoms with Crippen molar-refractivity contribution in [1.82, 2.24) is 0 Å². The van der Waals surface area contributed by atoms with Crippen LogP contribution in [-0.2, 0) is 9.53 Å². The summed E-state index contributed by atoms with van der Waals surface area (Å²) in [6.07, 6.45) is 3.07. The maximum absolute atomic E-state index is 11.4. The molecule has 0 spiro atoms. The second-order valence-corrected chi connectivity index (χ2v) is 6.96. The van der Waals surface area contributed by atoms with E-state index in [1.165, 1.54) is 6.92 Å². The Balaban J connectivity index is 3.14. The Labute approximate surface area is 122 Å². The van der Waals surface area contributed by atoms with Crippen molar-refractivity contribution >= 4 is 5.97 Å². The van der Waals surface area contributed by atoms with Gasteiger partial charge in [0, 0.05) is 12.8 Å². The van der Waals surface area contributed by atoms with E-state index in [1.807, 2.05) is 13.0 Å². The molecule has 1 N–H and O–H groups in total. The fraction of sp³-hybridized carbons (Fsp3) is 0.706. The number of carbonyl (C=O) groups excluding carboxylic acids is 1. The molecule has 1 aliphatic rings.